The molecule has 2 aromatic carbocycles. The molecule has 7 heteroatoms. The molecule has 0 aliphatic rings. The van der Waals surface area contributed by atoms with Crippen molar-refractivity contribution < 1.29 is 19.1 Å². The number of ether oxygens (including phenoxy) is 2. The number of carbonyl (C=O) groups is 2. The summed E-state index contributed by atoms with van der Waals surface area (Å²) < 4.78 is 10.9. The number of benzene rings is 2. The lowest BCUT2D eigenvalue weighted by Gasteiger charge is -2.12. The number of pyridine rings is 1. The van der Waals surface area contributed by atoms with Crippen molar-refractivity contribution in [3.63, 3.8) is 0 Å². The Balaban J connectivity index is 1.60. The maximum absolute atomic E-state index is 12.4. The average molecular weight is 417 g/mol. The Kier molecular flexibility index (Phi) is 7.37. The molecule has 2 amide bonds. The van der Waals surface area contributed by atoms with E-state index in [1.54, 1.807) is 36.7 Å². The third-order valence-corrected chi connectivity index (χ3v) is 4.23. The molecule has 0 radical (unpaired) electrons. The number of aromatic nitrogens is 1. The average Bonchev–Trinajstić information content (AvgIpc) is 2.78. The van der Waals surface area contributed by atoms with Gasteiger partial charge in [-0.2, -0.15) is 0 Å². The summed E-state index contributed by atoms with van der Waals surface area (Å²) in [5, 5.41) is 5.44. The molecule has 0 bridgehead atoms. The molecule has 1 heterocycles. The lowest BCUT2D eigenvalue weighted by atomic mass is 10.2. The Morgan fingerprint density at radius 2 is 1.77 bits per heavy atom. The van der Waals surface area contributed by atoms with Crippen LogP contribution in [0.15, 0.2) is 73.1 Å². The van der Waals surface area contributed by atoms with E-state index in [4.69, 9.17) is 9.47 Å². The van der Waals surface area contributed by atoms with Crippen LogP contribution in [-0.2, 0) is 16.2 Å². The maximum atomic E-state index is 12.4. The van der Waals surface area contributed by atoms with Crippen LogP contribution >= 0.6 is 0 Å². The van der Waals surface area contributed by atoms with Crippen LogP contribution < -0.4 is 20.1 Å². The second-order valence-corrected chi connectivity index (χ2v) is 6.63. The summed E-state index contributed by atoms with van der Waals surface area (Å²) in [5.74, 6) is 0.718. The Bertz CT molecular complexity index is 1060. The highest BCUT2D eigenvalue weighted by Gasteiger charge is 2.08. The highest BCUT2D eigenvalue weighted by atomic mass is 16.5. The van der Waals surface area contributed by atoms with Gasteiger partial charge >= 0.3 is 0 Å². The second-order valence-electron chi connectivity index (χ2n) is 6.63. The minimum absolute atomic E-state index is 0.234. The third-order valence-electron chi connectivity index (χ3n) is 4.23. The van der Waals surface area contributed by atoms with Gasteiger partial charge in [-0.1, -0.05) is 18.2 Å². The number of nitrogens with zero attached hydrogens (tertiary/aromatic N) is 1. The molecule has 0 spiro atoms. The largest absolute Gasteiger partial charge is 0.497 e. The minimum Gasteiger partial charge on any atom is -0.497 e. The number of amides is 2. The Morgan fingerprint density at radius 1 is 1.00 bits per heavy atom. The van der Waals surface area contributed by atoms with Crippen LogP contribution in [0.1, 0.15) is 18.1 Å². The summed E-state index contributed by atoms with van der Waals surface area (Å²) in [6.07, 6.45) is 6.59. The van der Waals surface area contributed by atoms with Crippen LogP contribution in [0.2, 0.25) is 0 Å². The fourth-order valence-electron chi connectivity index (χ4n) is 2.72. The fraction of sp³-hybridized carbons (Fsp3) is 0.125. The zero-order chi connectivity index (χ0) is 22.1. The van der Waals surface area contributed by atoms with E-state index in [2.05, 4.69) is 15.6 Å². The van der Waals surface area contributed by atoms with Gasteiger partial charge in [0.1, 0.15) is 18.1 Å². The van der Waals surface area contributed by atoms with Gasteiger partial charge < -0.3 is 20.1 Å². The maximum Gasteiger partial charge on any atom is 0.248 e. The van der Waals surface area contributed by atoms with Gasteiger partial charge in [0.2, 0.25) is 11.8 Å². The van der Waals surface area contributed by atoms with Crippen LogP contribution in [0, 0.1) is 0 Å². The van der Waals surface area contributed by atoms with Crippen LogP contribution in [0.3, 0.4) is 0 Å². The molecule has 0 saturated heterocycles. The first-order valence-electron chi connectivity index (χ1n) is 9.60. The zero-order valence-electron chi connectivity index (χ0n) is 17.3. The molecule has 7 nitrogen and oxygen atoms in total. The van der Waals surface area contributed by atoms with E-state index in [1.807, 2.05) is 36.4 Å². The van der Waals surface area contributed by atoms with Gasteiger partial charge in [-0.15, -0.1) is 0 Å². The molecular formula is C24H23N3O4. The number of carbonyl (C=O) groups excluding carboxylic acids is 2. The number of hydrogen-bond acceptors (Lipinski definition) is 5. The molecule has 0 aliphatic carbocycles. The number of methoxy groups -OCH3 is 1. The molecule has 0 aliphatic heterocycles. The van der Waals surface area contributed by atoms with E-state index in [0.717, 1.165) is 16.9 Å². The predicted molar refractivity (Wildman–Crippen MR) is 120 cm³/mol. The van der Waals surface area contributed by atoms with Crippen LogP contribution in [0.5, 0.6) is 11.5 Å². The zero-order valence-corrected chi connectivity index (χ0v) is 17.3. The monoisotopic (exact) mass is 417 g/mol. The highest BCUT2D eigenvalue weighted by Crippen LogP contribution is 2.27. The van der Waals surface area contributed by atoms with E-state index in [1.165, 1.54) is 20.1 Å². The second kappa shape index (κ2) is 10.6. The first kappa shape index (κ1) is 21.6. The first-order chi connectivity index (χ1) is 15.0. The van der Waals surface area contributed by atoms with Gasteiger partial charge in [0.05, 0.1) is 18.5 Å². The van der Waals surface area contributed by atoms with E-state index in [9.17, 15) is 9.59 Å². The van der Waals surface area contributed by atoms with Crippen molar-refractivity contribution in [3.05, 3.63) is 84.2 Å². The number of hydrogen-bond donors (Lipinski definition) is 2. The van der Waals surface area contributed by atoms with Crippen molar-refractivity contribution in [2.45, 2.75) is 13.5 Å². The molecule has 31 heavy (non-hydrogen) atoms. The van der Waals surface area contributed by atoms with Crippen molar-refractivity contribution in [2.24, 2.45) is 0 Å². The summed E-state index contributed by atoms with van der Waals surface area (Å²) in [6, 6.07) is 16.2. The van der Waals surface area contributed by atoms with Gasteiger partial charge in [0.25, 0.3) is 0 Å². The van der Waals surface area contributed by atoms with Crippen LogP contribution in [0.4, 0.5) is 11.4 Å². The molecule has 0 unspecified atom stereocenters. The quantitative estimate of drug-likeness (QED) is 0.534. The van der Waals surface area contributed by atoms with Crippen molar-refractivity contribution >= 4 is 29.3 Å². The molecule has 0 atom stereocenters. The molecule has 0 saturated carbocycles. The molecular weight excluding hydrogens is 394 g/mol. The van der Waals surface area contributed by atoms with Crippen molar-refractivity contribution in [1.29, 1.82) is 0 Å². The van der Waals surface area contributed by atoms with E-state index in [0.29, 0.717) is 23.7 Å². The Hall–Kier alpha value is -4.13. The Morgan fingerprint density at radius 3 is 2.45 bits per heavy atom. The van der Waals surface area contributed by atoms with Gasteiger partial charge in [-0.3, -0.25) is 14.6 Å². The predicted octanol–water partition coefficient (Wildman–Crippen LogP) is 4.28. The van der Waals surface area contributed by atoms with Crippen LogP contribution in [-0.4, -0.2) is 23.9 Å². The van der Waals surface area contributed by atoms with Gasteiger partial charge in [-0.05, 0) is 42.0 Å². The van der Waals surface area contributed by atoms with Crippen LogP contribution in [0.25, 0.3) is 6.08 Å². The first-order valence-corrected chi connectivity index (χ1v) is 9.60. The van der Waals surface area contributed by atoms with Gasteiger partial charge in [0.15, 0.2) is 0 Å². The van der Waals surface area contributed by atoms with Crippen molar-refractivity contribution in [1.82, 2.24) is 4.98 Å². The number of rotatable bonds is 8. The highest BCUT2D eigenvalue weighted by molar-refractivity contribution is 6.05. The van der Waals surface area contributed by atoms with Crippen molar-refractivity contribution in [3.8, 4) is 11.5 Å². The molecule has 158 valence electrons. The topological polar surface area (TPSA) is 89.6 Å². The fourth-order valence-corrected chi connectivity index (χ4v) is 2.72. The summed E-state index contributed by atoms with van der Waals surface area (Å²) in [7, 11) is 1.53. The number of anilines is 2. The van der Waals surface area contributed by atoms with Gasteiger partial charge in [-0.25, -0.2) is 0 Å². The standard InChI is InChI=1S/C24H23N3O4/c1-17(28)26-22-11-10-21(30-2)14-23(22)27-24(29)12-7-18-5-8-20(9-6-18)31-16-19-4-3-13-25-15-19/h3-15H,16H2,1-2H3,(H,26,28)(H,27,29). The minimum atomic E-state index is -0.336. The molecule has 1 aromatic heterocycles. The summed E-state index contributed by atoms with van der Waals surface area (Å²) in [6.45, 7) is 1.84. The van der Waals surface area contributed by atoms with Crippen molar-refractivity contribution in [2.75, 3.05) is 17.7 Å². The lowest BCUT2D eigenvalue weighted by Crippen LogP contribution is -2.13. The molecule has 0 fully saturated rings. The molecule has 2 N–H and O–H groups in total. The molecule has 3 aromatic rings. The van der Waals surface area contributed by atoms with E-state index in [-0.39, 0.29) is 11.8 Å². The smallest absolute Gasteiger partial charge is 0.248 e. The Labute approximate surface area is 180 Å². The SMILES string of the molecule is COc1ccc(NC(C)=O)c(NC(=O)C=Cc2ccc(OCc3cccnc3)cc2)c1. The summed E-state index contributed by atoms with van der Waals surface area (Å²) >= 11 is 0. The summed E-state index contributed by atoms with van der Waals surface area (Å²) in [5.41, 5.74) is 2.77. The lowest BCUT2D eigenvalue weighted by molar-refractivity contribution is -0.114. The molecule has 3 rings (SSSR count). The van der Waals surface area contributed by atoms with E-state index < -0.39 is 0 Å². The van der Waals surface area contributed by atoms with Gasteiger partial charge in [0, 0.05) is 37.0 Å². The number of nitrogens with one attached hydrogen (secondary N) is 2. The summed E-state index contributed by atoms with van der Waals surface area (Å²) in [4.78, 5) is 27.8. The normalized spacial score (nSPS) is 10.5. The third kappa shape index (κ3) is 6.71. The van der Waals surface area contributed by atoms with E-state index >= 15 is 0 Å².